The van der Waals surface area contributed by atoms with Gasteiger partial charge in [0.25, 0.3) is 5.91 Å². The summed E-state index contributed by atoms with van der Waals surface area (Å²) in [6, 6.07) is 20.0. The molecule has 0 saturated carbocycles. The molecule has 0 radical (unpaired) electrons. The van der Waals surface area contributed by atoms with Crippen LogP contribution in [0.1, 0.15) is 48.1 Å². The van der Waals surface area contributed by atoms with E-state index in [1.54, 1.807) is 7.11 Å². The zero-order chi connectivity index (χ0) is 23.4. The van der Waals surface area contributed by atoms with E-state index < -0.39 is 11.7 Å². The number of ether oxygens (including phenoxy) is 1. The van der Waals surface area contributed by atoms with Crippen LogP contribution in [0.15, 0.2) is 60.7 Å². The summed E-state index contributed by atoms with van der Waals surface area (Å²) in [6.45, 7) is 1.87. The molecule has 3 aliphatic rings. The first-order valence-electron chi connectivity index (χ1n) is 12.1. The highest BCUT2D eigenvalue weighted by atomic mass is 16.5. The summed E-state index contributed by atoms with van der Waals surface area (Å²) in [4.78, 5) is 17.7. The second-order valence-electron chi connectivity index (χ2n) is 9.74. The van der Waals surface area contributed by atoms with Crippen molar-refractivity contribution in [1.29, 1.82) is 0 Å². The molecule has 2 aliphatic heterocycles. The lowest BCUT2D eigenvalue weighted by Gasteiger charge is -2.41. The predicted octanol–water partition coefficient (Wildman–Crippen LogP) is 3.66. The van der Waals surface area contributed by atoms with Crippen molar-refractivity contribution >= 4 is 22.4 Å². The topological polar surface area (TPSA) is 73.2 Å². The van der Waals surface area contributed by atoms with E-state index in [9.17, 15) is 15.0 Å². The number of nitrogens with zero attached hydrogens (tertiary/aromatic N) is 2. The highest BCUT2D eigenvalue weighted by molar-refractivity contribution is 6.07. The fraction of sp³-hybridized carbons (Fsp3) is 0.393. The maximum Gasteiger partial charge on any atom is 0.264 e. The monoisotopic (exact) mass is 458 g/mol. The SMILES string of the molecule is COCCC1(O)C(=O)N(C2CCN(C3c4cccc5cccc(c45)C3O)CC2)c2ccccc21. The largest absolute Gasteiger partial charge is 0.386 e. The van der Waals surface area contributed by atoms with Gasteiger partial charge in [0.15, 0.2) is 5.60 Å². The zero-order valence-corrected chi connectivity index (χ0v) is 19.4. The number of carbonyl (C=O) groups is 1. The first-order valence-corrected chi connectivity index (χ1v) is 12.1. The average Bonchev–Trinajstić information content (AvgIpc) is 3.28. The minimum absolute atomic E-state index is 0.0122. The van der Waals surface area contributed by atoms with Crippen LogP contribution < -0.4 is 4.90 Å². The fourth-order valence-corrected chi connectivity index (χ4v) is 6.36. The second-order valence-corrected chi connectivity index (χ2v) is 9.74. The Morgan fingerprint density at radius 1 is 1.00 bits per heavy atom. The fourth-order valence-electron chi connectivity index (χ4n) is 6.36. The van der Waals surface area contributed by atoms with E-state index in [-0.39, 0.29) is 24.4 Å². The van der Waals surface area contributed by atoms with Gasteiger partial charge in [0.1, 0.15) is 0 Å². The summed E-state index contributed by atoms with van der Waals surface area (Å²) in [5, 5.41) is 24.9. The number of methoxy groups -OCH3 is 1. The van der Waals surface area contributed by atoms with Crippen LogP contribution in [0.5, 0.6) is 0 Å². The number of amides is 1. The van der Waals surface area contributed by atoms with Crippen molar-refractivity contribution in [3.63, 3.8) is 0 Å². The van der Waals surface area contributed by atoms with Gasteiger partial charge in [-0.1, -0.05) is 54.6 Å². The molecule has 6 nitrogen and oxygen atoms in total. The maximum absolute atomic E-state index is 13.5. The van der Waals surface area contributed by atoms with Gasteiger partial charge in [0, 0.05) is 44.8 Å². The number of para-hydroxylation sites is 1. The molecule has 176 valence electrons. The predicted molar refractivity (Wildman–Crippen MR) is 131 cm³/mol. The zero-order valence-electron chi connectivity index (χ0n) is 19.4. The molecule has 1 saturated heterocycles. The number of piperidine rings is 1. The van der Waals surface area contributed by atoms with Crippen LogP contribution in [-0.4, -0.2) is 53.9 Å². The van der Waals surface area contributed by atoms with E-state index in [2.05, 4.69) is 29.2 Å². The van der Waals surface area contributed by atoms with Crippen molar-refractivity contribution in [2.45, 2.75) is 43.1 Å². The van der Waals surface area contributed by atoms with E-state index in [0.717, 1.165) is 37.2 Å². The van der Waals surface area contributed by atoms with Gasteiger partial charge in [0.2, 0.25) is 0 Å². The van der Waals surface area contributed by atoms with Gasteiger partial charge in [-0.05, 0) is 40.8 Å². The van der Waals surface area contributed by atoms with Crippen LogP contribution in [0.3, 0.4) is 0 Å². The highest BCUT2D eigenvalue weighted by Crippen LogP contribution is 2.49. The van der Waals surface area contributed by atoms with Gasteiger partial charge in [-0.3, -0.25) is 9.69 Å². The first kappa shape index (κ1) is 21.7. The molecule has 0 spiro atoms. The molecule has 2 heterocycles. The van der Waals surface area contributed by atoms with Crippen molar-refractivity contribution in [1.82, 2.24) is 4.90 Å². The smallest absolute Gasteiger partial charge is 0.264 e. The third-order valence-electron chi connectivity index (χ3n) is 8.01. The third kappa shape index (κ3) is 3.06. The maximum atomic E-state index is 13.5. The molecule has 3 atom stereocenters. The van der Waals surface area contributed by atoms with Gasteiger partial charge in [-0.2, -0.15) is 0 Å². The Hall–Kier alpha value is -2.77. The minimum Gasteiger partial charge on any atom is -0.386 e. The molecule has 1 fully saturated rings. The summed E-state index contributed by atoms with van der Waals surface area (Å²) in [5.74, 6) is -0.248. The standard InChI is InChI=1S/C28H30N2O4/c1-34-17-14-28(33)22-10-2-3-11-23(22)30(27(28)32)19-12-15-29(16-13-19)25-20-8-4-6-18-7-5-9-21(24(18)20)26(25)31/h2-11,19,25-26,31,33H,12-17H2,1H3. The van der Waals surface area contributed by atoms with E-state index in [4.69, 9.17) is 4.74 Å². The number of benzene rings is 3. The number of anilines is 1. The Labute approximate surface area is 199 Å². The number of carbonyl (C=O) groups excluding carboxylic acids is 1. The first-order chi connectivity index (χ1) is 16.5. The molecule has 6 rings (SSSR count). The van der Waals surface area contributed by atoms with Crippen LogP contribution in [0, 0.1) is 0 Å². The highest BCUT2D eigenvalue weighted by Gasteiger charge is 2.51. The van der Waals surface area contributed by atoms with Crippen LogP contribution >= 0.6 is 0 Å². The normalized spacial score (nSPS) is 27.0. The van der Waals surface area contributed by atoms with E-state index in [1.165, 1.54) is 16.3 Å². The molecule has 0 aromatic heterocycles. The molecule has 1 aliphatic carbocycles. The molecule has 6 heteroatoms. The molecule has 2 N–H and O–H groups in total. The van der Waals surface area contributed by atoms with Crippen molar-refractivity contribution in [3.05, 3.63) is 77.4 Å². The van der Waals surface area contributed by atoms with Gasteiger partial charge in [-0.15, -0.1) is 0 Å². The lowest BCUT2D eigenvalue weighted by Crippen LogP contribution is -2.50. The van der Waals surface area contributed by atoms with Crippen molar-refractivity contribution in [3.8, 4) is 0 Å². The molecule has 34 heavy (non-hydrogen) atoms. The quantitative estimate of drug-likeness (QED) is 0.611. The molecular formula is C28H30N2O4. The van der Waals surface area contributed by atoms with Crippen molar-refractivity contribution in [2.24, 2.45) is 0 Å². The van der Waals surface area contributed by atoms with Gasteiger partial charge >= 0.3 is 0 Å². The molecule has 0 bridgehead atoms. The average molecular weight is 459 g/mol. The summed E-state index contributed by atoms with van der Waals surface area (Å²) >= 11 is 0. The summed E-state index contributed by atoms with van der Waals surface area (Å²) in [5.41, 5.74) is 2.14. The summed E-state index contributed by atoms with van der Waals surface area (Å²) in [7, 11) is 1.58. The lowest BCUT2D eigenvalue weighted by molar-refractivity contribution is -0.138. The summed E-state index contributed by atoms with van der Waals surface area (Å²) < 4.78 is 5.18. The van der Waals surface area contributed by atoms with Gasteiger partial charge < -0.3 is 19.8 Å². The molecule has 3 aromatic rings. The van der Waals surface area contributed by atoms with Crippen LogP contribution in [-0.2, 0) is 15.1 Å². The number of fused-ring (bicyclic) bond motifs is 1. The number of likely N-dealkylation sites (tertiary alicyclic amines) is 1. The van der Waals surface area contributed by atoms with Crippen LogP contribution in [0.2, 0.25) is 0 Å². The van der Waals surface area contributed by atoms with E-state index in [0.29, 0.717) is 12.2 Å². The number of hydrogen-bond acceptors (Lipinski definition) is 5. The minimum atomic E-state index is -1.54. The number of aliphatic hydroxyl groups excluding tert-OH is 1. The Balaban J connectivity index is 1.24. The van der Waals surface area contributed by atoms with Gasteiger partial charge in [-0.25, -0.2) is 0 Å². The van der Waals surface area contributed by atoms with Crippen molar-refractivity contribution < 1.29 is 19.7 Å². The van der Waals surface area contributed by atoms with E-state index in [1.807, 2.05) is 41.3 Å². The molecule has 3 unspecified atom stereocenters. The Morgan fingerprint density at radius 3 is 2.44 bits per heavy atom. The van der Waals surface area contributed by atoms with Crippen molar-refractivity contribution in [2.75, 3.05) is 31.7 Å². The van der Waals surface area contributed by atoms with Gasteiger partial charge in [0.05, 0.1) is 17.8 Å². The summed E-state index contributed by atoms with van der Waals surface area (Å²) in [6.07, 6.45) is 1.27. The van der Waals surface area contributed by atoms with E-state index >= 15 is 0 Å². The lowest BCUT2D eigenvalue weighted by atomic mass is 9.92. The Morgan fingerprint density at radius 2 is 1.71 bits per heavy atom. The van der Waals surface area contributed by atoms with Crippen LogP contribution in [0.25, 0.3) is 10.8 Å². The van der Waals surface area contributed by atoms with Crippen LogP contribution in [0.4, 0.5) is 5.69 Å². The third-order valence-corrected chi connectivity index (χ3v) is 8.01. The molecule has 1 amide bonds. The number of rotatable bonds is 5. The second kappa shape index (κ2) is 8.17. The Kier molecular flexibility index (Phi) is 5.22. The molecule has 3 aromatic carbocycles. The number of hydrogen-bond donors (Lipinski definition) is 2. The number of aliphatic hydroxyl groups is 2. The Bertz CT molecular complexity index is 1250. The molecular weight excluding hydrogens is 428 g/mol.